The number of pyridine rings is 1. The minimum atomic E-state index is -0.987. The summed E-state index contributed by atoms with van der Waals surface area (Å²) in [5.74, 6) is 0.326. The molecule has 1 saturated carbocycles. The monoisotopic (exact) mass is 335 g/mol. The maximum atomic E-state index is 13.0. The van der Waals surface area contributed by atoms with E-state index in [2.05, 4.69) is 10.1 Å². The van der Waals surface area contributed by atoms with E-state index in [1.807, 2.05) is 12.1 Å². The number of nitrogens with zero attached hydrogens (tertiary/aromatic N) is 3. The first-order valence-electron chi connectivity index (χ1n) is 8.19. The SMILES string of the molecule is O=C(O)c1nn(-c2ccc(-c3ccc(F)cc3)cn2)c2c1C[C@@H]1C[C@H]21. The van der Waals surface area contributed by atoms with Crippen LogP contribution in [0.5, 0.6) is 0 Å². The molecule has 0 aliphatic heterocycles. The molecule has 3 aromatic rings. The lowest BCUT2D eigenvalue weighted by molar-refractivity contribution is 0.0688. The molecule has 1 N–H and O–H groups in total. The predicted octanol–water partition coefficient (Wildman–Crippen LogP) is 3.43. The Kier molecular flexibility index (Phi) is 2.86. The Morgan fingerprint density at radius 2 is 1.92 bits per heavy atom. The zero-order valence-corrected chi connectivity index (χ0v) is 13.2. The zero-order valence-electron chi connectivity index (χ0n) is 13.2. The predicted molar refractivity (Wildman–Crippen MR) is 88.3 cm³/mol. The second-order valence-corrected chi connectivity index (χ2v) is 6.65. The molecule has 0 amide bonds. The second-order valence-electron chi connectivity index (χ2n) is 6.65. The smallest absolute Gasteiger partial charge is 0.356 e. The van der Waals surface area contributed by atoms with Gasteiger partial charge in [0.2, 0.25) is 0 Å². The number of aromatic carboxylic acids is 1. The normalized spacial score (nSPS) is 20.2. The Morgan fingerprint density at radius 3 is 2.60 bits per heavy atom. The molecule has 1 fully saturated rings. The topological polar surface area (TPSA) is 68.0 Å². The van der Waals surface area contributed by atoms with Gasteiger partial charge in [0.1, 0.15) is 5.82 Å². The number of fused-ring (bicyclic) bond motifs is 3. The maximum Gasteiger partial charge on any atom is 0.356 e. The number of carboxylic acids is 1. The Morgan fingerprint density at radius 1 is 1.16 bits per heavy atom. The number of carboxylic acid groups (broad SMARTS) is 1. The van der Waals surface area contributed by atoms with Gasteiger partial charge < -0.3 is 5.11 Å². The van der Waals surface area contributed by atoms with Gasteiger partial charge in [-0.15, -0.1) is 0 Å². The molecular weight excluding hydrogens is 321 g/mol. The molecule has 1 aromatic carbocycles. The lowest BCUT2D eigenvalue weighted by Gasteiger charge is -2.07. The molecule has 5 nitrogen and oxygen atoms in total. The summed E-state index contributed by atoms with van der Waals surface area (Å²) in [7, 11) is 0. The molecule has 0 saturated heterocycles. The highest BCUT2D eigenvalue weighted by molar-refractivity contribution is 5.88. The average molecular weight is 335 g/mol. The van der Waals surface area contributed by atoms with Crippen molar-refractivity contribution in [3.05, 3.63) is 65.4 Å². The van der Waals surface area contributed by atoms with Crippen molar-refractivity contribution in [1.29, 1.82) is 0 Å². The van der Waals surface area contributed by atoms with E-state index in [0.717, 1.165) is 35.2 Å². The summed E-state index contributed by atoms with van der Waals surface area (Å²) in [5.41, 5.74) is 3.75. The number of rotatable bonds is 3. The molecule has 0 radical (unpaired) electrons. The third-order valence-electron chi connectivity index (χ3n) is 5.11. The van der Waals surface area contributed by atoms with E-state index >= 15 is 0 Å². The highest BCUT2D eigenvalue weighted by Crippen LogP contribution is 2.57. The summed E-state index contributed by atoms with van der Waals surface area (Å²) < 4.78 is 14.7. The number of aromatic nitrogens is 3. The molecule has 6 heteroatoms. The van der Waals surface area contributed by atoms with E-state index in [9.17, 15) is 14.3 Å². The van der Waals surface area contributed by atoms with Gasteiger partial charge in [0, 0.05) is 23.2 Å². The summed E-state index contributed by atoms with van der Waals surface area (Å²) in [6.07, 6.45) is 3.61. The molecule has 0 spiro atoms. The maximum absolute atomic E-state index is 13.0. The van der Waals surface area contributed by atoms with Crippen molar-refractivity contribution in [3.8, 4) is 16.9 Å². The van der Waals surface area contributed by atoms with E-state index in [0.29, 0.717) is 17.7 Å². The number of carbonyl (C=O) groups is 1. The quantitative estimate of drug-likeness (QED) is 0.796. The second kappa shape index (κ2) is 4.99. The Balaban J connectivity index is 1.55. The van der Waals surface area contributed by atoms with Crippen molar-refractivity contribution in [2.24, 2.45) is 5.92 Å². The van der Waals surface area contributed by atoms with Crippen LogP contribution in [0.15, 0.2) is 42.6 Å². The van der Waals surface area contributed by atoms with Crippen LogP contribution in [0.3, 0.4) is 0 Å². The van der Waals surface area contributed by atoms with Crippen molar-refractivity contribution in [2.75, 3.05) is 0 Å². The van der Waals surface area contributed by atoms with E-state index in [1.165, 1.54) is 12.1 Å². The van der Waals surface area contributed by atoms with Gasteiger partial charge in [-0.25, -0.2) is 18.9 Å². The van der Waals surface area contributed by atoms with Crippen LogP contribution >= 0.6 is 0 Å². The summed E-state index contributed by atoms with van der Waals surface area (Å²) in [6.45, 7) is 0. The van der Waals surface area contributed by atoms with E-state index < -0.39 is 5.97 Å². The number of hydrogen-bond acceptors (Lipinski definition) is 3. The average Bonchev–Trinajstić information content (AvgIpc) is 3.11. The summed E-state index contributed by atoms with van der Waals surface area (Å²) >= 11 is 0. The molecule has 2 atom stereocenters. The minimum absolute atomic E-state index is 0.145. The molecule has 0 bridgehead atoms. The fraction of sp³-hybridized carbons (Fsp3) is 0.211. The van der Waals surface area contributed by atoms with Crippen LogP contribution in [-0.4, -0.2) is 25.8 Å². The zero-order chi connectivity index (χ0) is 17.1. The third-order valence-corrected chi connectivity index (χ3v) is 5.11. The van der Waals surface area contributed by atoms with Gasteiger partial charge in [0.05, 0.1) is 5.69 Å². The van der Waals surface area contributed by atoms with Crippen LogP contribution in [-0.2, 0) is 6.42 Å². The minimum Gasteiger partial charge on any atom is -0.476 e. The first-order chi connectivity index (χ1) is 12.1. The Bertz CT molecular complexity index is 993. The van der Waals surface area contributed by atoms with Gasteiger partial charge in [-0.3, -0.25) is 0 Å². The van der Waals surface area contributed by atoms with Gasteiger partial charge >= 0.3 is 5.97 Å². The van der Waals surface area contributed by atoms with Gasteiger partial charge in [-0.2, -0.15) is 5.10 Å². The molecule has 2 aliphatic rings. The van der Waals surface area contributed by atoms with Crippen molar-refractivity contribution < 1.29 is 14.3 Å². The summed E-state index contributed by atoms with van der Waals surface area (Å²) in [5, 5.41) is 13.7. The molecule has 25 heavy (non-hydrogen) atoms. The van der Waals surface area contributed by atoms with Crippen LogP contribution in [0, 0.1) is 11.7 Å². The van der Waals surface area contributed by atoms with Crippen molar-refractivity contribution >= 4 is 5.97 Å². The van der Waals surface area contributed by atoms with Crippen molar-refractivity contribution in [3.63, 3.8) is 0 Å². The highest BCUT2D eigenvalue weighted by Gasteiger charge is 2.50. The molecule has 2 aromatic heterocycles. The fourth-order valence-electron chi connectivity index (χ4n) is 3.79. The van der Waals surface area contributed by atoms with Gasteiger partial charge in [-0.05, 0) is 48.6 Å². The number of benzene rings is 1. The third kappa shape index (κ3) is 2.17. The van der Waals surface area contributed by atoms with Crippen LogP contribution < -0.4 is 0 Å². The number of halogens is 1. The molecule has 2 heterocycles. The Labute approximate surface area is 142 Å². The van der Waals surface area contributed by atoms with Crippen molar-refractivity contribution in [1.82, 2.24) is 14.8 Å². The number of hydrogen-bond donors (Lipinski definition) is 1. The van der Waals surface area contributed by atoms with Crippen LogP contribution in [0.1, 0.15) is 34.1 Å². The molecule has 0 unspecified atom stereocenters. The van der Waals surface area contributed by atoms with Crippen molar-refractivity contribution in [2.45, 2.75) is 18.8 Å². The standard InChI is InChI=1S/C19H14FN3O2/c20-13-4-1-10(2-5-13)11-3-6-16(21-9-11)23-18-14-7-12(14)8-15(18)17(22-23)19(24)25/h1-6,9,12,14H,7-8H2,(H,24,25)/t12-,14-/m0/s1. The van der Waals surface area contributed by atoms with Gasteiger partial charge in [0.15, 0.2) is 11.5 Å². The van der Waals surface area contributed by atoms with Crippen LogP contribution in [0.4, 0.5) is 4.39 Å². The summed E-state index contributed by atoms with van der Waals surface area (Å²) in [4.78, 5) is 15.9. The van der Waals surface area contributed by atoms with Crippen LogP contribution in [0.25, 0.3) is 16.9 Å². The van der Waals surface area contributed by atoms with E-state index in [-0.39, 0.29) is 11.5 Å². The fourth-order valence-corrected chi connectivity index (χ4v) is 3.79. The van der Waals surface area contributed by atoms with E-state index in [1.54, 1.807) is 23.0 Å². The molecule has 2 aliphatic carbocycles. The van der Waals surface area contributed by atoms with Gasteiger partial charge in [0.25, 0.3) is 0 Å². The lowest BCUT2D eigenvalue weighted by atomic mass is 10.1. The Hall–Kier alpha value is -3.02. The molecule has 124 valence electrons. The summed E-state index contributed by atoms with van der Waals surface area (Å²) in [6, 6.07) is 9.95. The largest absolute Gasteiger partial charge is 0.476 e. The first kappa shape index (κ1) is 14.3. The van der Waals surface area contributed by atoms with E-state index in [4.69, 9.17) is 0 Å². The first-order valence-corrected chi connectivity index (χ1v) is 8.19. The molecular formula is C19H14FN3O2. The van der Waals surface area contributed by atoms with Crippen LogP contribution in [0.2, 0.25) is 0 Å². The highest BCUT2D eigenvalue weighted by atomic mass is 19.1. The molecule has 5 rings (SSSR count). The lowest BCUT2D eigenvalue weighted by Crippen LogP contribution is -2.05. The van der Waals surface area contributed by atoms with Gasteiger partial charge in [-0.1, -0.05) is 12.1 Å².